The number of amides is 2. The molecule has 2 aliphatic rings. The van der Waals surface area contributed by atoms with Crippen molar-refractivity contribution in [3.63, 3.8) is 0 Å². The minimum Gasteiger partial charge on any atom is -0.497 e. The minimum atomic E-state index is -0.160. The second-order valence-corrected chi connectivity index (χ2v) is 11.0. The third-order valence-electron chi connectivity index (χ3n) is 8.37. The second kappa shape index (κ2) is 11.6. The fourth-order valence-electron chi connectivity index (χ4n) is 6.15. The van der Waals surface area contributed by atoms with Gasteiger partial charge in [-0.15, -0.1) is 0 Å². The summed E-state index contributed by atoms with van der Waals surface area (Å²) >= 11 is 0. The molecule has 2 aliphatic heterocycles. The molecule has 0 unspecified atom stereocenters. The molecule has 0 radical (unpaired) electrons. The van der Waals surface area contributed by atoms with E-state index in [0.717, 1.165) is 54.6 Å². The summed E-state index contributed by atoms with van der Waals surface area (Å²) in [5, 5.41) is 0.911. The van der Waals surface area contributed by atoms with Gasteiger partial charge in [0.05, 0.1) is 13.7 Å². The number of hydrogen-bond donors (Lipinski definition) is 1. The maximum Gasteiger partial charge on any atom is 0.270 e. The maximum absolute atomic E-state index is 13.7. The number of piperazine rings is 1. The zero-order valence-electron chi connectivity index (χ0n) is 23.0. The number of hydrogen-bond acceptors (Lipinski definition) is 4. The second-order valence-electron chi connectivity index (χ2n) is 11.0. The van der Waals surface area contributed by atoms with Gasteiger partial charge in [0.1, 0.15) is 24.2 Å². The maximum atomic E-state index is 13.7. The number of likely N-dealkylation sites (tertiary alicyclic amines) is 1. The number of benzene rings is 3. The van der Waals surface area contributed by atoms with E-state index in [1.165, 1.54) is 5.56 Å². The Hall–Kier alpha value is -4.10. The van der Waals surface area contributed by atoms with Crippen molar-refractivity contribution in [2.45, 2.75) is 32.0 Å². The molecule has 1 aromatic heterocycles. The number of carbonyl (C=O) groups excluding carboxylic acids is 2. The van der Waals surface area contributed by atoms with Crippen molar-refractivity contribution < 1.29 is 14.3 Å². The number of nitrogens with one attached hydrogen (secondary N) is 1. The Morgan fingerprint density at radius 3 is 2.33 bits per heavy atom. The number of piperidine rings is 1. The van der Waals surface area contributed by atoms with Gasteiger partial charge in [0.15, 0.2) is 0 Å². The van der Waals surface area contributed by atoms with E-state index >= 15 is 0 Å². The molecule has 0 bridgehead atoms. The fourth-order valence-corrected chi connectivity index (χ4v) is 6.15. The summed E-state index contributed by atoms with van der Waals surface area (Å²) < 4.78 is 5.34. The van der Waals surface area contributed by atoms with Gasteiger partial charge < -0.3 is 19.5 Å². The van der Waals surface area contributed by atoms with Crippen molar-refractivity contribution in [1.82, 2.24) is 19.7 Å². The van der Waals surface area contributed by atoms with E-state index in [2.05, 4.69) is 52.3 Å². The van der Waals surface area contributed by atoms with Crippen LogP contribution in [0, 0.1) is 5.92 Å². The summed E-state index contributed by atoms with van der Waals surface area (Å²) in [6, 6.07) is 28.4. The average Bonchev–Trinajstić information content (AvgIpc) is 3.43. The van der Waals surface area contributed by atoms with Crippen LogP contribution < -0.4 is 4.74 Å². The van der Waals surface area contributed by atoms with E-state index in [4.69, 9.17) is 4.74 Å². The first-order valence-corrected chi connectivity index (χ1v) is 14.1. The van der Waals surface area contributed by atoms with Crippen molar-refractivity contribution >= 4 is 22.7 Å². The SMILES string of the molecule is COc1ccc2[nH]c(C(=O)N3CC(=O)N(Cc4ccccc4)[C@@H](N4CCC(Cc5ccccc5)CC4)C3)cc2c1. The summed E-state index contributed by atoms with van der Waals surface area (Å²) in [5.74, 6) is 1.21. The third kappa shape index (κ3) is 5.61. The molecular weight excluding hydrogens is 500 g/mol. The van der Waals surface area contributed by atoms with Crippen LogP contribution in [-0.4, -0.2) is 71.0 Å². The van der Waals surface area contributed by atoms with E-state index in [9.17, 15) is 9.59 Å². The molecule has 40 heavy (non-hydrogen) atoms. The predicted molar refractivity (Wildman–Crippen MR) is 156 cm³/mol. The number of aromatic amines is 1. The molecule has 1 atom stereocenters. The first-order chi connectivity index (χ1) is 19.6. The third-order valence-corrected chi connectivity index (χ3v) is 8.37. The molecule has 4 aromatic rings. The Morgan fingerprint density at radius 2 is 1.62 bits per heavy atom. The first-order valence-electron chi connectivity index (χ1n) is 14.1. The van der Waals surface area contributed by atoms with Crippen LogP contribution in [0.15, 0.2) is 84.9 Å². The van der Waals surface area contributed by atoms with Crippen LogP contribution in [-0.2, 0) is 17.8 Å². The molecule has 6 rings (SSSR count). The van der Waals surface area contributed by atoms with Gasteiger partial charge >= 0.3 is 0 Å². The van der Waals surface area contributed by atoms with Crippen LogP contribution in [0.2, 0.25) is 0 Å². The molecule has 2 amide bonds. The molecule has 3 aromatic carbocycles. The summed E-state index contributed by atoms with van der Waals surface area (Å²) in [5.41, 5.74) is 3.85. The Bertz CT molecular complexity index is 1460. The Labute approximate surface area is 235 Å². The number of methoxy groups -OCH3 is 1. The number of fused-ring (bicyclic) bond motifs is 1. The molecule has 7 heteroatoms. The van der Waals surface area contributed by atoms with Crippen molar-refractivity contribution in [2.75, 3.05) is 33.3 Å². The Balaban J connectivity index is 1.20. The lowest BCUT2D eigenvalue weighted by atomic mass is 9.90. The summed E-state index contributed by atoms with van der Waals surface area (Å²) in [4.78, 5) is 36.7. The lowest BCUT2D eigenvalue weighted by molar-refractivity contribution is -0.147. The number of H-pyrrole nitrogens is 1. The predicted octanol–water partition coefficient (Wildman–Crippen LogP) is 4.94. The minimum absolute atomic E-state index is 0.0161. The molecule has 0 saturated carbocycles. The van der Waals surface area contributed by atoms with Crippen molar-refractivity contribution in [2.24, 2.45) is 5.92 Å². The van der Waals surface area contributed by atoms with Gasteiger partial charge in [-0.3, -0.25) is 14.5 Å². The molecule has 3 heterocycles. The highest BCUT2D eigenvalue weighted by Crippen LogP contribution is 2.28. The van der Waals surface area contributed by atoms with Crippen LogP contribution in [0.25, 0.3) is 10.9 Å². The molecule has 206 valence electrons. The molecular formula is C33H36N4O3. The van der Waals surface area contributed by atoms with E-state index in [0.29, 0.717) is 24.7 Å². The van der Waals surface area contributed by atoms with Crippen LogP contribution in [0.1, 0.15) is 34.5 Å². The zero-order chi connectivity index (χ0) is 27.5. The lowest BCUT2D eigenvalue weighted by Gasteiger charge is -2.48. The highest BCUT2D eigenvalue weighted by molar-refractivity contribution is 6.00. The van der Waals surface area contributed by atoms with Crippen LogP contribution >= 0.6 is 0 Å². The molecule has 2 saturated heterocycles. The first kappa shape index (κ1) is 26.1. The van der Waals surface area contributed by atoms with Gasteiger partial charge in [0, 0.05) is 30.5 Å². The van der Waals surface area contributed by atoms with Gasteiger partial charge in [-0.25, -0.2) is 0 Å². The van der Waals surface area contributed by atoms with E-state index in [1.807, 2.05) is 47.4 Å². The highest BCUT2D eigenvalue weighted by Gasteiger charge is 2.39. The van der Waals surface area contributed by atoms with E-state index < -0.39 is 0 Å². The molecule has 1 N–H and O–H groups in total. The monoisotopic (exact) mass is 536 g/mol. The molecule has 0 spiro atoms. The van der Waals surface area contributed by atoms with E-state index in [-0.39, 0.29) is 24.5 Å². The standard InChI is InChI=1S/C33H36N4O3/c1-40-28-12-13-29-27(19-28)20-30(34-29)33(39)36-22-31(37(32(38)23-36)21-26-10-6-3-7-11-26)35-16-14-25(15-17-35)18-24-8-4-2-5-9-24/h2-13,19-20,25,31,34H,14-18,21-23H2,1H3/t31-/m1/s1. The van der Waals surface area contributed by atoms with Crippen molar-refractivity contribution in [3.8, 4) is 5.75 Å². The van der Waals surface area contributed by atoms with E-state index in [1.54, 1.807) is 12.0 Å². The largest absolute Gasteiger partial charge is 0.497 e. The number of nitrogens with zero attached hydrogens (tertiary/aromatic N) is 3. The van der Waals surface area contributed by atoms with Gasteiger partial charge in [-0.05, 0) is 60.6 Å². The van der Waals surface area contributed by atoms with Gasteiger partial charge in [0.2, 0.25) is 5.91 Å². The van der Waals surface area contributed by atoms with Crippen molar-refractivity contribution in [3.05, 3.63) is 102 Å². The highest BCUT2D eigenvalue weighted by atomic mass is 16.5. The van der Waals surface area contributed by atoms with Gasteiger partial charge in [-0.2, -0.15) is 0 Å². The molecule has 7 nitrogen and oxygen atoms in total. The topological polar surface area (TPSA) is 68.9 Å². The quantitative estimate of drug-likeness (QED) is 0.363. The zero-order valence-corrected chi connectivity index (χ0v) is 23.0. The van der Waals surface area contributed by atoms with Crippen molar-refractivity contribution in [1.29, 1.82) is 0 Å². The average molecular weight is 537 g/mol. The Kier molecular flexibility index (Phi) is 7.55. The normalized spacial score (nSPS) is 18.8. The smallest absolute Gasteiger partial charge is 0.270 e. The molecule has 2 fully saturated rings. The fraction of sp³-hybridized carbons (Fsp3) is 0.333. The summed E-state index contributed by atoms with van der Waals surface area (Å²) in [7, 11) is 1.63. The number of aromatic nitrogens is 1. The summed E-state index contributed by atoms with van der Waals surface area (Å²) in [6.45, 7) is 2.93. The Morgan fingerprint density at radius 1 is 0.925 bits per heavy atom. The summed E-state index contributed by atoms with van der Waals surface area (Å²) in [6.07, 6.45) is 3.09. The van der Waals surface area contributed by atoms with Crippen LogP contribution in [0.3, 0.4) is 0 Å². The van der Waals surface area contributed by atoms with Crippen LogP contribution in [0.5, 0.6) is 5.75 Å². The van der Waals surface area contributed by atoms with Crippen LogP contribution in [0.4, 0.5) is 0 Å². The van der Waals surface area contributed by atoms with Gasteiger partial charge in [0.25, 0.3) is 5.91 Å². The number of rotatable bonds is 7. The molecule has 0 aliphatic carbocycles. The number of carbonyl (C=O) groups is 2. The lowest BCUT2D eigenvalue weighted by Crippen LogP contribution is -2.64. The number of ether oxygens (including phenoxy) is 1. The van der Waals surface area contributed by atoms with Gasteiger partial charge in [-0.1, -0.05) is 60.7 Å².